The second-order valence-corrected chi connectivity index (χ2v) is 6.96. The van der Waals surface area contributed by atoms with Gasteiger partial charge in [-0.3, -0.25) is 4.79 Å². The Balaban J connectivity index is 1.66. The third-order valence-electron chi connectivity index (χ3n) is 4.69. The van der Waals surface area contributed by atoms with E-state index in [4.69, 9.17) is 0 Å². The number of urea groups is 1. The Morgan fingerprint density at radius 2 is 1.62 bits per heavy atom. The highest BCUT2D eigenvalue weighted by Gasteiger charge is 2.30. The van der Waals surface area contributed by atoms with Crippen molar-refractivity contribution in [3.63, 3.8) is 0 Å². The summed E-state index contributed by atoms with van der Waals surface area (Å²) in [6.07, 6.45) is 0.850. The van der Waals surface area contributed by atoms with Crippen LogP contribution >= 0.6 is 0 Å². The maximum atomic E-state index is 13.0. The molecule has 0 aliphatic carbocycles. The molecule has 26 heavy (non-hydrogen) atoms. The van der Waals surface area contributed by atoms with Gasteiger partial charge in [-0.05, 0) is 35.6 Å². The zero-order valence-corrected chi connectivity index (χ0v) is 15.2. The first-order chi connectivity index (χ1) is 12.5. The molecule has 1 aliphatic heterocycles. The minimum Gasteiger partial charge on any atom is -0.336 e. The van der Waals surface area contributed by atoms with Crippen LogP contribution in [0.3, 0.4) is 0 Å². The van der Waals surface area contributed by atoms with Gasteiger partial charge in [0.05, 0.1) is 0 Å². The minimum absolute atomic E-state index is 0.00111. The quantitative estimate of drug-likeness (QED) is 0.887. The van der Waals surface area contributed by atoms with Gasteiger partial charge in [0.25, 0.3) is 0 Å². The molecule has 0 saturated carbocycles. The first-order valence-corrected chi connectivity index (χ1v) is 9.02. The summed E-state index contributed by atoms with van der Waals surface area (Å²) in [6, 6.07) is 16.5. The van der Waals surface area contributed by atoms with Crippen molar-refractivity contribution in [2.75, 3.05) is 11.9 Å². The number of nitrogens with one attached hydrogen (secondary N) is 2. The first-order valence-electron chi connectivity index (χ1n) is 9.02. The van der Waals surface area contributed by atoms with Crippen molar-refractivity contribution in [1.29, 1.82) is 0 Å². The largest absolute Gasteiger partial charge is 0.336 e. The standard InChI is InChI=1S/C21H25N3O2/c1-15(2)19(23-21(26)22-18-10-4-3-5-11-18)20(25)24-13-12-16-8-6-7-9-17(16)14-24/h3-11,15,19H,12-14H2,1-2H3,(H2,22,23,26)/t19-/m0/s1. The molecule has 3 rings (SSSR count). The fraction of sp³-hybridized carbons (Fsp3) is 0.333. The average Bonchev–Trinajstić information content (AvgIpc) is 2.65. The van der Waals surface area contributed by atoms with Gasteiger partial charge in [0.2, 0.25) is 5.91 Å². The van der Waals surface area contributed by atoms with Crippen molar-refractivity contribution in [3.8, 4) is 0 Å². The maximum absolute atomic E-state index is 13.0. The summed E-state index contributed by atoms with van der Waals surface area (Å²) < 4.78 is 0. The molecule has 5 nitrogen and oxygen atoms in total. The molecule has 0 saturated heterocycles. The lowest BCUT2D eigenvalue weighted by Gasteiger charge is -2.33. The molecule has 1 atom stereocenters. The van der Waals surface area contributed by atoms with Crippen LogP contribution in [0.4, 0.5) is 10.5 Å². The highest BCUT2D eigenvalue weighted by atomic mass is 16.2. The molecule has 0 bridgehead atoms. The van der Waals surface area contributed by atoms with Gasteiger partial charge in [-0.25, -0.2) is 4.79 Å². The predicted molar refractivity (Wildman–Crippen MR) is 103 cm³/mol. The van der Waals surface area contributed by atoms with Gasteiger partial charge in [0.15, 0.2) is 0 Å². The Morgan fingerprint density at radius 3 is 2.31 bits per heavy atom. The Morgan fingerprint density at radius 1 is 0.962 bits per heavy atom. The van der Waals surface area contributed by atoms with Crippen molar-refractivity contribution in [2.45, 2.75) is 32.9 Å². The van der Waals surface area contributed by atoms with E-state index in [1.54, 1.807) is 0 Å². The molecule has 1 heterocycles. The smallest absolute Gasteiger partial charge is 0.319 e. The maximum Gasteiger partial charge on any atom is 0.319 e. The van der Waals surface area contributed by atoms with Crippen LogP contribution in [0.15, 0.2) is 54.6 Å². The van der Waals surface area contributed by atoms with Gasteiger partial charge in [0.1, 0.15) is 6.04 Å². The number of benzene rings is 2. The number of anilines is 1. The van der Waals surface area contributed by atoms with E-state index >= 15 is 0 Å². The monoisotopic (exact) mass is 351 g/mol. The Kier molecular flexibility index (Phi) is 5.56. The fourth-order valence-electron chi connectivity index (χ4n) is 3.22. The molecule has 136 valence electrons. The molecule has 2 aromatic rings. The molecule has 2 N–H and O–H groups in total. The number of hydrogen-bond acceptors (Lipinski definition) is 2. The number of hydrogen-bond donors (Lipinski definition) is 2. The lowest BCUT2D eigenvalue weighted by atomic mass is 9.97. The van der Waals surface area contributed by atoms with Crippen LogP contribution in [0.2, 0.25) is 0 Å². The SMILES string of the molecule is CC(C)[C@H](NC(=O)Nc1ccccc1)C(=O)N1CCc2ccccc2C1. The summed E-state index contributed by atoms with van der Waals surface area (Å²) in [7, 11) is 0. The second kappa shape index (κ2) is 8.04. The molecule has 5 heteroatoms. The summed E-state index contributed by atoms with van der Waals surface area (Å²) >= 11 is 0. The van der Waals surface area contributed by atoms with Crippen LogP contribution in [0.25, 0.3) is 0 Å². The molecule has 0 fully saturated rings. The van der Waals surface area contributed by atoms with Crippen molar-refractivity contribution in [2.24, 2.45) is 5.92 Å². The Hall–Kier alpha value is -2.82. The number of carbonyl (C=O) groups is 2. The summed E-state index contributed by atoms with van der Waals surface area (Å²) in [6.45, 7) is 5.17. The van der Waals surface area contributed by atoms with Gasteiger partial charge < -0.3 is 15.5 Å². The van der Waals surface area contributed by atoms with E-state index in [9.17, 15) is 9.59 Å². The average molecular weight is 351 g/mol. The fourth-order valence-corrected chi connectivity index (χ4v) is 3.22. The van der Waals surface area contributed by atoms with E-state index in [1.807, 2.05) is 61.2 Å². The summed E-state index contributed by atoms with van der Waals surface area (Å²) in [5.41, 5.74) is 3.18. The highest BCUT2D eigenvalue weighted by Crippen LogP contribution is 2.20. The third-order valence-corrected chi connectivity index (χ3v) is 4.69. The minimum atomic E-state index is -0.552. The van der Waals surface area contributed by atoms with E-state index in [-0.39, 0.29) is 17.9 Å². The molecule has 1 aliphatic rings. The van der Waals surface area contributed by atoms with Crippen LogP contribution in [0, 0.1) is 5.92 Å². The highest BCUT2D eigenvalue weighted by molar-refractivity contribution is 5.93. The van der Waals surface area contributed by atoms with E-state index in [1.165, 1.54) is 11.1 Å². The first kappa shape index (κ1) is 18.0. The van der Waals surface area contributed by atoms with Gasteiger partial charge >= 0.3 is 6.03 Å². The lowest BCUT2D eigenvalue weighted by molar-refractivity contribution is -0.135. The summed E-state index contributed by atoms with van der Waals surface area (Å²) in [5, 5.41) is 5.62. The molecule has 0 unspecified atom stereocenters. The molecule has 3 amide bonds. The number of amides is 3. The number of carbonyl (C=O) groups excluding carboxylic acids is 2. The molecular formula is C21H25N3O2. The van der Waals surface area contributed by atoms with Crippen LogP contribution in [-0.4, -0.2) is 29.4 Å². The molecule has 0 radical (unpaired) electrons. The van der Waals surface area contributed by atoms with Crippen molar-refractivity contribution in [3.05, 3.63) is 65.7 Å². The van der Waals surface area contributed by atoms with Crippen molar-refractivity contribution in [1.82, 2.24) is 10.2 Å². The summed E-state index contributed by atoms with van der Waals surface area (Å²) in [4.78, 5) is 27.2. The van der Waals surface area contributed by atoms with E-state index in [0.29, 0.717) is 18.8 Å². The van der Waals surface area contributed by atoms with E-state index in [2.05, 4.69) is 22.8 Å². The zero-order valence-electron chi connectivity index (χ0n) is 15.2. The second-order valence-electron chi connectivity index (χ2n) is 6.96. The molecule has 0 aromatic heterocycles. The van der Waals surface area contributed by atoms with Crippen molar-refractivity contribution >= 4 is 17.6 Å². The number of fused-ring (bicyclic) bond motifs is 1. The van der Waals surface area contributed by atoms with Crippen LogP contribution < -0.4 is 10.6 Å². The van der Waals surface area contributed by atoms with Crippen LogP contribution in [-0.2, 0) is 17.8 Å². The lowest BCUT2D eigenvalue weighted by Crippen LogP contribution is -2.53. The number of nitrogens with zero attached hydrogens (tertiary/aromatic N) is 1. The normalized spacial score (nSPS) is 14.5. The van der Waals surface area contributed by atoms with Gasteiger partial charge in [0, 0.05) is 18.8 Å². The van der Waals surface area contributed by atoms with E-state index in [0.717, 1.165) is 6.42 Å². The molecular weight excluding hydrogens is 326 g/mol. The third kappa shape index (κ3) is 4.23. The molecule has 0 spiro atoms. The Labute approximate surface area is 154 Å². The Bertz CT molecular complexity index is 774. The van der Waals surface area contributed by atoms with Crippen molar-refractivity contribution < 1.29 is 9.59 Å². The predicted octanol–water partition coefficient (Wildman–Crippen LogP) is 3.42. The van der Waals surface area contributed by atoms with Crippen LogP contribution in [0.1, 0.15) is 25.0 Å². The topological polar surface area (TPSA) is 61.4 Å². The zero-order chi connectivity index (χ0) is 18.5. The van der Waals surface area contributed by atoms with Gasteiger partial charge in [-0.15, -0.1) is 0 Å². The molecule has 2 aromatic carbocycles. The number of rotatable bonds is 4. The van der Waals surface area contributed by atoms with Crippen LogP contribution in [0.5, 0.6) is 0 Å². The number of para-hydroxylation sites is 1. The van der Waals surface area contributed by atoms with Gasteiger partial charge in [-0.2, -0.15) is 0 Å². The van der Waals surface area contributed by atoms with E-state index < -0.39 is 6.04 Å². The summed E-state index contributed by atoms with van der Waals surface area (Å²) in [5.74, 6) is -0.0288. The van der Waals surface area contributed by atoms with Gasteiger partial charge in [-0.1, -0.05) is 56.3 Å².